The smallest absolute Gasteiger partial charge is 0.320 e. The van der Waals surface area contributed by atoms with Gasteiger partial charge in [0.25, 0.3) is 5.91 Å². The molecule has 0 aromatic heterocycles. The first-order valence-corrected chi connectivity index (χ1v) is 6.57. The number of hydrogen-bond donors (Lipinski definition) is 2. The van der Waals surface area contributed by atoms with Crippen LogP contribution in [0.5, 0.6) is 0 Å². The van der Waals surface area contributed by atoms with Crippen LogP contribution in [0.15, 0.2) is 0 Å². The minimum absolute atomic E-state index is 0.0164. The summed E-state index contributed by atoms with van der Waals surface area (Å²) in [4.78, 5) is 35.1. The third-order valence-corrected chi connectivity index (χ3v) is 3.84. The summed E-state index contributed by atoms with van der Waals surface area (Å²) in [6, 6.07) is 0. The van der Waals surface area contributed by atoms with Crippen molar-refractivity contribution in [3.8, 4) is 0 Å². The van der Waals surface area contributed by atoms with Crippen LogP contribution in [0.2, 0.25) is 0 Å². The average molecular weight is 270 g/mol. The molecule has 2 unspecified atom stereocenters. The number of amides is 3. The van der Waals surface area contributed by atoms with E-state index in [9.17, 15) is 14.4 Å². The molecule has 1 rings (SSSR count). The van der Waals surface area contributed by atoms with Gasteiger partial charge >= 0.3 is 5.91 Å². The van der Waals surface area contributed by atoms with Gasteiger partial charge in [-0.15, -0.1) is 0 Å². The van der Waals surface area contributed by atoms with Gasteiger partial charge in [-0.25, -0.2) is 4.79 Å². The second kappa shape index (κ2) is 5.28. The lowest BCUT2D eigenvalue weighted by atomic mass is 9.75. The van der Waals surface area contributed by atoms with Crippen LogP contribution in [0.25, 0.3) is 0 Å². The maximum Gasteiger partial charge on any atom is 0.320 e. The number of carbonyl (C=O) groups is 3. The number of likely N-dealkylation sites (tertiary alicyclic amines) is 1. The number of quaternary nitrogens is 1. The van der Waals surface area contributed by atoms with Crippen LogP contribution in [0.3, 0.4) is 0 Å². The molecule has 0 radical (unpaired) electrons. The molecule has 0 aromatic carbocycles. The van der Waals surface area contributed by atoms with Crippen LogP contribution in [-0.2, 0) is 14.4 Å². The Morgan fingerprint density at radius 1 is 1.32 bits per heavy atom. The van der Waals surface area contributed by atoms with Crippen molar-refractivity contribution in [1.82, 2.24) is 0 Å². The molecule has 6 nitrogen and oxygen atoms in total. The van der Waals surface area contributed by atoms with E-state index in [1.54, 1.807) is 7.05 Å². The second-order valence-electron chi connectivity index (χ2n) is 6.32. The Kier molecular flexibility index (Phi) is 4.35. The number of rotatable bonds is 6. The van der Waals surface area contributed by atoms with E-state index < -0.39 is 17.2 Å². The van der Waals surface area contributed by atoms with Crippen molar-refractivity contribution >= 4 is 17.7 Å². The lowest BCUT2D eigenvalue weighted by molar-refractivity contribution is -0.818. The molecule has 1 aliphatic rings. The topological polar surface area (TPSA) is 103 Å². The Bertz CT molecular complexity index is 408. The molecule has 0 aliphatic carbocycles. The highest BCUT2D eigenvalue weighted by Crippen LogP contribution is 2.43. The fourth-order valence-corrected chi connectivity index (χ4v) is 3.28. The average Bonchev–Trinajstić information content (AvgIpc) is 2.41. The van der Waals surface area contributed by atoms with E-state index in [4.69, 9.17) is 11.5 Å². The summed E-state index contributed by atoms with van der Waals surface area (Å²) in [5.74, 6) is -0.779. The van der Waals surface area contributed by atoms with Gasteiger partial charge in [0.2, 0.25) is 5.91 Å². The normalized spacial score (nSPS) is 30.8. The van der Waals surface area contributed by atoms with Crippen molar-refractivity contribution in [2.24, 2.45) is 22.8 Å². The number of likely N-dealkylation sites (N-methyl/N-ethyl adjacent to an activating group) is 1. The summed E-state index contributed by atoms with van der Waals surface area (Å²) < 4.78 is -0.0185. The molecule has 1 saturated heterocycles. The van der Waals surface area contributed by atoms with Gasteiger partial charge in [0.15, 0.2) is 6.54 Å². The standard InChI is InChI=1S/C13H23N3O3/c1-9(2)6-13(7-10(14)17)4-5-16(3,12(13)19)8-11(15)18/h9H,4-8H2,1-3H3,(H3-,14,15,17,18)/p+1. The van der Waals surface area contributed by atoms with Crippen LogP contribution >= 0.6 is 0 Å². The Balaban J connectivity index is 3.04. The first kappa shape index (κ1) is 15.6. The molecule has 2 atom stereocenters. The van der Waals surface area contributed by atoms with E-state index in [1.807, 2.05) is 13.8 Å². The first-order chi connectivity index (χ1) is 8.61. The van der Waals surface area contributed by atoms with Crippen LogP contribution in [0, 0.1) is 11.3 Å². The van der Waals surface area contributed by atoms with E-state index in [0.29, 0.717) is 19.4 Å². The van der Waals surface area contributed by atoms with Crippen LogP contribution in [0.1, 0.15) is 33.1 Å². The molecule has 0 saturated carbocycles. The minimum Gasteiger partial charge on any atom is -0.370 e. The van der Waals surface area contributed by atoms with Gasteiger partial charge in [-0.2, -0.15) is 0 Å². The molecule has 1 heterocycles. The van der Waals surface area contributed by atoms with Crippen LogP contribution in [-0.4, -0.2) is 42.3 Å². The molecule has 4 N–H and O–H groups in total. The van der Waals surface area contributed by atoms with Gasteiger partial charge < -0.3 is 11.5 Å². The fourth-order valence-electron chi connectivity index (χ4n) is 3.28. The van der Waals surface area contributed by atoms with E-state index in [-0.39, 0.29) is 29.3 Å². The molecule has 0 spiro atoms. The van der Waals surface area contributed by atoms with Gasteiger partial charge in [-0.05, 0) is 12.3 Å². The molecule has 0 aromatic rings. The fraction of sp³-hybridized carbons (Fsp3) is 0.769. The van der Waals surface area contributed by atoms with Gasteiger partial charge in [0.05, 0.1) is 19.0 Å². The summed E-state index contributed by atoms with van der Waals surface area (Å²) in [7, 11) is 1.70. The van der Waals surface area contributed by atoms with Crippen molar-refractivity contribution in [2.45, 2.75) is 33.1 Å². The zero-order valence-electron chi connectivity index (χ0n) is 11.9. The van der Waals surface area contributed by atoms with Gasteiger partial charge in [0.1, 0.15) is 0 Å². The third-order valence-electron chi connectivity index (χ3n) is 3.84. The highest BCUT2D eigenvalue weighted by molar-refractivity contribution is 5.87. The van der Waals surface area contributed by atoms with E-state index in [1.165, 1.54) is 0 Å². The molecular formula is C13H24N3O3+. The Hall–Kier alpha value is -1.43. The number of nitrogens with zero attached hydrogens (tertiary/aromatic N) is 1. The predicted octanol–water partition coefficient (Wildman–Crippen LogP) is -0.243. The zero-order chi connectivity index (χ0) is 14.8. The number of carbonyl (C=O) groups excluding carboxylic acids is 3. The van der Waals surface area contributed by atoms with Crippen molar-refractivity contribution in [1.29, 1.82) is 0 Å². The Morgan fingerprint density at radius 2 is 1.89 bits per heavy atom. The number of nitrogens with two attached hydrogens (primary N) is 2. The maximum absolute atomic E-state index is 12.7. The van der Waals surface area contributed by atoms with Gasteiger partial charge in [-0.3, -0.25) is 14.1 Å². The lowest BCUT2D eigenvalue weighted by Gasteiger charge is -2.30. The summed E-state index contributed by atoms with van der Waals surface area (Å²) in [6.07, 6.45) is 1.24. The molecule has 19 heavy (non-hydrogen) atoms. The SMILES string of the molecule is CC(C)CC1(CC(N)=O)CC[N+](C)(CC(N)=O)C1=O. The monoisotopic (exact) mass is 270 g/mol. The number of hydrogen-bond acceptors (Lipinski definition) is 3. The van der Waals surface area contributed by atoms with Crippen LogP contribution < -0.4 is 11.5 Å². The van der Waals surface area contributed by atoms with Gasteiger partial charge in [0, 0.05) is 12.8 Å². The second-order valence-corrected chi connectivity index (χ2v) is 6.32. The molecule has 108 valence electrons. The Morgan fingerprint density at radius 3 is 2.32 bits per heavy atom. The van der Waals surface area contributed by atoms with Crippen molar-refractivity contribution < 1.29 is 18.9 Å². The van der Waals surface area contributed by atoms with Gasteiger partial charge in [-0.1, -0.05) is 13.8 Å². The summed E-state index contributed by atoms with van der Waals surface area (Å²) >= 11 is 0. The maximum atomic E-state index is 12.7. The zero-order valence-corrected chi connectivity index (χ0v) is 11.9. The quantitative estimate of drug-likeness (QED) is 0.651. The molecule has 6 heteroatoms. The predicted molar refractivity (Wildman–Crippen MR) is 70.4 cm³/mol. The van der Waals surface area contributed by atoms with E-state index >= 15 is 0 Å². The highest BCUT2D eigenvalue weighted by Gasteiger charge is 2.57. The molecule has 0 bridgehead atoms. The number of primary amides is 2. The Labute approximate surface area is 113 Å². The third kappa shape index (κ3) is 3.32. The first-order valence-electron chi connectivity index (χ1n) is 6.57. The summed E-state index contributed by atoms with van der Waals surface area (Å²) in [6.45, 7) is 4.53. The van der Waals surface area contributed by atoms with E-state index in [2.05, 4.69) is 0 Å². The molecule has 1 fully saturated rings. The van der Waals surface area contributed by atoms with Crippen molar-refractivity contribution in [3.63, 3.8) is 0 Å². The molecular weight excluding hydrogens is 246 g/mol. The highest BCUT2D eigenvalue weighted by atomic mass is 16.2. The van der Waals surface area contributed by atoms with Crippen molar-refractivity contribution in [3.05, 3.63) is 0 Å². The molecule has 3 amide bonds. The van der Waals surface area contributed by atoms with E-state index in [0.717, 1.165) is 0 Å². The largest absolute Gasteiger partial charge is 0.370 e. The lowest BCUT2D eigenvalue weighted by Crippen LogP contribution is -2.53. The van der Waals surface area contributed by atoms with Crippen molar-refractivity contribution in [2.75, 3.05) is 20.1 Å². The summed E-state index contributed by atoms with van der Waals surface area (Å²) in [5, 5.41) is 0. The minimum atomic E-state index is -0.732. The van der Waals surface area contributed by atoms with Crippen LogP contribution in [0.4, 0.5) is 0 Å². The summed E-state index contributed by atoms with van der Waals surface area (Å²) in [5.41, 5.74) is 9.78. The molecule has 1 aliphatic heterocycles.